The Labute approximate surface area is 91.3 Å². The average molecular weight is 243 g/mol. The summed E-state index contributed by atoms with van der Waals surface area (Å²) in [5.74, 6) is -2.93. The minimum Gasteiger partial charge on any atom is -0.409 e. The molecule has 2 atom stereocenters. The number of nitrogens with two attached hydrogens (primary N) is 1. The Balaban J connectivity index is 4.70. The quantitative estimate of drug-likeness (QED) is 0.279. The highest BCUT2D eigenvalue weighted by Crippen LogP contribution is 2.27. The number of halogens is 3. The summed E-state index contributed by atoms with van der Waals surface area (Å²) in [7, 11) is 1.42. The molecule has 0 aliphatic rings. The molecule has 0 aromatic heterocycles. The summed E-state index contributed by atoms with van der Waals surface area (Å²) in [5.41, 5.74) is 4.98. The first-order valence-electron chi connectivity index (χ1n) is 4.59. The van der Waals surface area contributed by atoms with E-state index < -0.39 is 30.5 Å². The van der Waals surface area contributed by atoms with Gasteiger partial charge in [0.1, 0.15) is 5.92 Å². The molecule has 0 aromatic carbocycles. The van der Waals surface area contributed by atoms with Crippen LogP contribution in [0.5, 0.6) is 0 Å². The van der Waals surface area contributed by atoms with Crippen LogP contribution < -0.4 is 5.73 Å². The lowest BCUT2D eigenvalue weighted by molar-refractivity contribution is -0.160. The highest BCUT2D eigenvalue weighted by molar-refractivity contribution is 5.83. The summed E-state index contributed by atoms with van der Waals surface area (Å²) in [4.78, 5) is 1.29. The van der Waals surface area contributed by atoms with Gasteiger partial charge in [-0.05, 0) is 14.0 Å². The molecule has 0 aliphatic heterocycles. The van der Waals surface area contributed by atoms with E-state index in [4.69, 9.17) is 16.0 Å². The molecule has 8 heteroatoms. The van der Waals surface area contributed by atoms with Crippen molar-refractivity contribution in [3.05, 3.63) is 0 Å². The first-order valence-corrected chi connectivity index (χ1v) is 4.59. The van der Waals surface area contributed by atoms with E-state index in [0.717, 1.165) is 0 Å². The second-order valence-corrected chi connectivity index (χ2v) is 3.59. The molecular formula is C8H16F3N3O2. The minimum atomic E-state index is -4.58. The van der Waals surface area contributed by atoms with Crippen molar-refractivity contribution in [1.82, 2.24) is 4.90 Å². The van der Waals surface area contributed by atoms with E-state index >= 15 is 0 Å². The van der Waals surface area contributed by atoms with Gasteiger partial charge in [0.15, 0.2) is 5.84 Å². The number of oxime groups is 1. The molecule has 4 N–H and O–H groups in total. The zero-order valence-electron chi connectivity index (χ0n) is 9.07. The number of aliphatic hydroxyl groups excluding tert-OH is 1. The van der Waals surface area contributed by atoms with Gasteiger partial charge in [-0.25, -0.2) is 0 Å². The largest absolute Gasteiger partial charge is 0.409 e. The molecule has 0 amide bonds. The minimum absolute atomic E-state index is 0.267. The third-order valence-electron chi connectivity index (χ3n) is 2.35. The molecule has 0 saturated carbocycles. The number of amidine groups is 1. The molecule has 0 saturated heterocycles. The fourth-order valence-corrected chi connectivity index (χ4v) is 1.04. The molecule has 0 aliphatic carbocycles. The summed E-state index contributed by atoms with van der Waals surface area (Å²) < 4.78 is 37.6. The molecule has 16 heavy (non-hydrogen) atoms. The Morgan fingerprint density at radius 2 is 2.00 bits per heavy atom. The van der Waals surface area contributed by atoms with Crippen LogP contribution in [0.25, 0.3) is 0 Å². The third-order valence-corrected chi connectivity index (χ3v) is 2.35. The van der Waals surface area contributed by atoms with Crippen molar-refractivity contribution in [2.24, 2.45) is 16.8 Å². The van der Waals surface area contributed by atoms with Gasteiger partial charge in [-0.2, -0.15) is 13.2 Å². The van der Waals surface area contributed by atoms with Crippen molar-refractivity contribution in [2.45, 2.75) is 19.1 Å². The summed E-state index contributed by atoms with van der Waals surface area (Å²) in [6.07, 6.45) is -4.58. The molecule has 5 nitrogen and oxygen atoms in total. The maximum absolute atomic E-state index is 12.5. The van der Waals surface area contributed by atoms with Crippen molar-refractivity contribution in [2.75, 3.05) is 20.2 Å². The standard InChI is InChI=1S/C8H16F3N3O2/c1-5(4-15)14(2)3-6(7(12)13-16)8(9,10)11/h5-6,15-16H,3-4H2,1-2H3,(H2,12,13). The van der Waals surface area contributed by atoms with Crippen LogP contribution in [-0.2, 0) is 0 Å². The normalized spacial score (nSPS) is 17.6. The average Bonchev–Trinajstić information content (AvgIpc) is 2.21. The van der Waals surface area contributed by atoms with Gasteiger partial charge in [-0.3, -0.25) is 0 Å². The molecule has 0 bridgehead atoms. The van der Waals surface area contributed by atoms with Crippen molar-refractivity contribution >= 4 is 5.84 Å². The number of rotatable bonds is 5. The molecular weight excluding hydrogens is 227 g/mol. The number of alkyl halides is 3. The SMILES string of the molecule is CC(CO)N(C)CC(C(N)=NO)C(F)(F)F. The smallest absolute Gasteiger partial charge is 0.400 e. The molecule has 0 heterocycles. The van der Waals surface area contributed by atoms with Crippen molar-refractivity contribution in [3.8, 4) is 0 Å². The van der Waals surface area contributed by atoms with Gasteiger partial charge < -0.3 is 20.9 Å². The van der Waals surface area contributed by atoms with E-state index in [9.17, 15) is 13.2 Å². The van der Waals surface area contributed by atoms with Crippen molar-refractivity contribution in [3.63, 3.8) is 0 Å². The zero-order chi connectivity index (χ0) is 12.9. The van der Waals surface area contributed by atoms with E-state index in [1.54, 1.807) is 6.92 Å². The van der Waals surface area contributed by atoms with Gasteiger partial charge in [0, 0.05) is 12.6 Å². The maximum Gasteiger partial charge on any atom is 0.400 e. The molecule has 0 spiro atoms. The lowest BCUT2D eigenvalue weighted by atomic mass is 10.1. The van der Waals surface area contributed by atoms with Crippen LogP contribution in [-0.4, -0.2) is 53.5 Å². The first-order chi connectivity index (χ1) is 7.23. The van der Waals surface area contributed by atoms with E-state index in [2.05, 4.69) is 5.16 Å². The Morgan fingerprint density at radius 3 is 2.31 bits per heavy atom. The number of nitrogens with zero attached hydrogens (tertiary/aromatic N) is 2. The Hall–Kier alpha value is -1.02. The molecule has 0 radical (unpaired) electrons. The van der Waals surface area contributed by atoms with Gasteiger partial charge in [0.05, 0.1) is 6.61 Å². The van der Waals surface area contributed by atoms with Crippen LogP contribution in [0.1, 0.15) is 6.92 Å². The van der Waals surface area contributed by atoms with Crippen LogP contribution in [0.15, 0.2) is 5.16 Å². The summed E-state index contributed by atoms with van der Waals surface area (Å²) >= 11 is 0. The molecule has 2 unspecified atom stereocenters. The monoisotopic (exact) mass is 243 g/mol. The number of hydrogen-bond acceptors (Lipinski definition) is 4. The first kappa shape index (κ1) is 15.0. The zero-order valence-corrected chi connectivity index (χ0v) is 9.07. The van der Waals surface area contributed by atoms with Gasteiger partial charge in [0.2, 0.25) is 0 Å². The molecule has 0 fully saturated rings. The van der Waals surface area contributed by atoms with Crippen LogP contribution in [0, 0.1) is 5.92 Å². The Bertz CT molecular complexity index is 245. The molecule has 96 valence electrons. The highest BCUT2D eigenvalue weighted by Gasteiger charge is 2.43. The van der Waals surface area contributed by atoms with E-state index in [1.165, 1.54) is 11.9 Å². The van der Waals surface area contributed by atoms with Crippen molar-refractivity contribution < 1.29 is 23.5 Å². The van der Waals surface area contributed by atoms with Crippen LogP contribution in [0.2, 0.25) is 0 Å². The van der Waals surface area contributed by atoms with E-state index in [-0.39, 0.29) is 6.61 Å². The van der Waals surface area contributed by atoms with Gasteiger partial charge in [-0.1, -0.05) is 5.16 Å². The lowest BCUT2D eigenvalue weighted by Gasteiger charge is -2.28. The van der Waals surface area contributed by atoms with Gasteiger partial charge in [-0.15, -0.1) is 0 Å². The fourth-order valence-electron chi connectivity index (χ4n) is 1.04. The second kappa shape index (κ2) is 5.90. The highest BCUT2D eigenvalue weighted by atomic mass is 19.4. The number of likely N-dealkylation sites (N-methyl/N-ethyl adjacent to an activating group) is 1. The third kappa shape index (κ3) is 4.23. The van der Waals surface area contributed by atoms with Crippen LogP contribution in [0.3, 0.4) is 0 Å². The topological polar surface area (TPSA) is 82.1 Å². The Kier molecular flexibility index (Phi) is 5.52. The van der Waals surface area contributed by atoms with Gasteiger partial charge in [0.25, 0.3) is 0 Å². The van der Waals surface area contributed by atoms with Crippen LogP contribution in [0.4, 0.5) is 13.2 Å². The van der Waals surface area contributed by atoms with Crippen molar-refractivity contribution in [1.29, 1.82) is 0 Å². The predicted octanol–water partition coefficient (Wildman–Crippen LogP) is 0.224. The molecule has 0 aromatic rings. The predicted molar refractivity (Wildman–Crippen MR) is 52.1 cm³/mol. The summed E-state index contributed by atoms with van der Waals surface area (Å²) in [6.45, 7) is 0.831. The number of aliphatic hydroxyl groups is 1. The lowest BCUT2D eigenvalue weighted by Crippen LogP contribution is -2.46. The van der Waals surface area contributed by atoms with E-state index in [0.29, 0.717) is 0 Å². The Morgan fingerprint density at radius 1 is 1.50 bits per heavy atom. The summed E-state index contributed by atoms with van der Waals surface area (Å²) in [6, 6.07) is -0.434. The molecule has 0 rings (SSSR count). The fraction of sp³-hybridized carbons (Fsp3) is 0.875. The summed E-state index contributed by atoms with van der Waals surface area (Å²) in [5, 5.41) is 19.4. The van der Waals surface area contributed by atoms with Gasteiger partial charge >= 0.3 is 6.18 Å². The number of hydrogen-bond donors (Lipinski definition) is 3. The van der Waals surface area contributed by atoms with Crippen LogP contribution >= 0.6 is 0 Å². The second-order valence-electron chi connectivity index (χ2n) is 3.59. The maximum atomic E-state index is 12.5. The van der Waals surface area contributed by atoms with E-state index in [1.807, 2.05) is 0 Å².